The summed E-state index contributed by atoms with van der Waals surface area (Å²) in [5.74, 6) is -1.70. The van der Waals surface area contributed by atoms with E-state index in [1.54, 1.807) is 0 Å². The van der Waals surface area contributed by atoms with E-state index in [1.165, 1.54) is 19.3 Å². The molecule has 0 aliphatic carbocycles. The number of benzene rings is 2. The maximum atomic E-state index is 11.0. The predicted octanol–water partition coefficient (Wildman–Crippen LogP) is 0.0774. The Morgan fingerprint density at radius 1 is 0.625 bits per heavy atom. The number of aryl methyl sites for hydroxylation is 4. The van der Waals surface area contributed by atoms with E-state index in [0.717, 1.165) is 106 Å². The molecule has 0 fully saturated rings. The summed E-state index contributed by atoms with van der Waals surface area (Å²) in [6.45, 7) is 8.44. The van der Waals surface area contributed by atoms with Crippen molar-refractivity contribution in [2.45, 2.75) is 143 Å². The molecular weight excluding hydrogens is 634 g/mol. The van der Waals surface area contributed by atoms with E-state index in [9.17, 15) is 24.9 Å². The number of carboxylic acids is 2. The first-order valence-corrected chi connectivity index (χ1v) is 16.9. The van der Waals surface area contributed by atoms with Crippen molar-refractivity contribution in [3.63, 3.8) is 0 Å². The van der Waals surface area contributed by atoms with Crippen molar-refractivity contribution in [1.82, 2.24) is 0 Å². The van der Waals surface area contributed by atoms with E-state index >= 15 is 0 Å². The Kier molecular flexibility index (Phi) is 34.5. The Hall–Kier alpha value is -1.59. The molecule has 0 bridgehead atoms. The quantitative estimate of drug-likeness (QED) is 0.0541. The molecule has 0 aliphatic rings. The molecule has 0 spiro atoms. The molecule has 260 valence electrons. The third kappa shape index (κ3) is 23.7. The van der Waals surface area contributed by atoms with E-state index in [4.69, 9.17) is 15.2 Å². The number of aromatic hydroxyl groups is 2. The maximum absolute atomic E-state index is 11.0. The van der Waals surface area contributed by atoms with Crippen molar-refractivity contribution >= 4 is 18.4 Å². The zero-order chi connectivity index (χ0) is 34.7. The van der Waals surface area contributed by atoms with Crippen LogP contribution in [0.1, 0.15) is 138 Å². The molecule has 0 aliphatic heterocycles. The predicted molar refractivity (Wildman–Crippen MR) is 176 cm³/mol. The SMILES string of the molecule is CCCCCc1cc(CCCCC)c(O)c(CC(=O)O)c1.CCCCCc1cc(CCCCC)c(O)c(CC(=O)[O-])c1.O=CO[O-].[Na+].[Na+]. The van der Waals surface area contributed by atoms with Crippen LogP contribution in [0.2, 0.25) is 0 Å². The van der Waals surface area contributed by atoms with Gasteiger partial charge in [0.25, 0.3) is 6.47 Å². The Balaban J connectivity index is -0.000000731. The molecule has 2 aromatic carbocycles. The molecule has 48 heavy (non-hydrogen) atoms. The van der Waals surface area contributed by atoms with Crippen molar-refractivity contribution < 1.29 is 104 Å². The molecule has 0 aromatic heterocycles. The summed E-state index contributed by atoms with van der Waals surface area (Å²) >= 11 is 0. The van der Waals surface area contributed by atoms with Crippen molar-refractivity contribution in [1.29, 1.82) is 0 Å². The van der Waals surface area contributed by atoms with Gasteiger partial charge in [-0.3, -0.25) is 9.59 Å². The summed E-state index contributed by atoms with van der Waals surface area (Å²) in [5, 5.41) is 48.8. The van der Waals surface area contributed by atoms with Crippen LogP contribution in [-0.2, 0) is 57.8 Å². The minimum Gasteiger partial charge on any atom is -0.662 e. The van der Waals surface area contributed by atoms with E-state index < -0.39 is 11.9 Å². The maximum Gasteiger partial charge on any atom is 1.00 e. The van der Waals surface area contributed by atoms with Gasteiger partial charge in [-0.25, -0.2) is 0 Å². The fraction of sp³-hybridized carbons (Fsp3) is 0.595. The van der Waals surface area contributed by atoms with Gasteiger partial charge in [0.2, 0.25) is 0 Å². The molecular formula is C37H56Na2O9. The first kappa shape index (κ1) is 50.8. The first-order valence-electron chi connectivity index (χ1n) is 16.9. The van der Waals surface area contributed by atoms with Gasteiger partial charge in [-0.1, -0.05) is 103 Å². The monoisotopic (exact) mass is 690 g/mol. The van der Waals surface area contributed by atoms with Gasteiger partial charge in [-0.05, 0) is 73.6 Å². The molecule has 2 rings (SSSR count). The molecule has 0 saturated carbocycles. The summed E-state index contributed by atoms with van der Waals surface area (Å²) in [7, 11) is 0. The van der Waals surface area contributed by atoms with Crippen LogP contribution in [0.5, 0.6) is 11.5 Å². The number of aliphatic carboxylic acids is 2. The number of rotatable bonds is 21. The smallest absolute Gasteiger partial charge is 0.662 e. The van der Waals surface area contributed by atoms with Crippen LogP contribution in [0.25, 0.3) is 0 Å². The molecule has 0 unspecified atom stereocenters. The van der Waals surface area contributed by atoms with Crippen molar-refractivity contribution in [3.8, 4) is 11.5 Å². The topological polar surface area (TPSA) is 167 Å². The summed E-state index contributed by atoms with van der Waals surface area (Å²) < 4.78 is 0. The molecule has 11 heteroatoms. The molecule has 9 nitrogen and oxygen atoms in total. The number of phenols is 2. The third-order valence-electron chi connectivity index (χ3n) is 7.61. The van der Waals surface area contributed by atoms with Gasteiger partial charge >= 0.3 is 65.1 Å². The van der Waals surface area contributed by atoms with E-state index in [-0.39, 0.29) is 89.9 Å². The van der Waals surface area contributed by atoms with Crippen molar-refractivity contribution in [2.75, 3.05) is 0 Å². The Bertz CT molecular complexity index is 1070. The van der Waals surface area contributed by atoms with E-state index in [2.05, 4.69) is 38.6 Å². The van der Waals surface area contributed by atoms with Crippen LogP contribution >= 0.6 is 0 Å². The van der Waals surface area contributed by atoms with Crippen LogP contribution in [-0.4, -0.2) is 33.7 Å². The van der Waals surface area contributed by atoms with Crippen LogP contribution in [0.4, 0.5) is 0 Å². The third-order valence-corrected chi connectivity index (χ3v) is 7.61. The number of carbonyl (C=O) groups is 3. The number of hydrogen-bond acceptors (Lipinski definition) is 8. The minimum atomic E-state index is -1.14. The number of hydrogen-bond donors (Lipinski definition) is 3. The van der Waals surface area contributed by atoms with Gasteiger partial charge in [0, 0.05) is 23.5 Å². The summed E-state index contributed by atoms with van der Waals surface area (Å²) in [4.78, 5) is 33.0. The molecule has 0 heterocycles. The van der Waals surface area contributed by atoms with Gasteiger partial charge in [-0.15, -0.1) is 0 Å². The van der Waals surface area contributed by atoms with Crippen molar-refractivity contribution in [3.05, 3.63) is 57.6 Å². The van der Waals surface area contributed by atoms with E-state index in [1.807, 2.05) is 18.2 Å². The first-order chi connectivity index (χ1) is 22.1. The second-order valence-corrected chi connectivity index (χ2v) is 11.7. The average molecular weight is 691 g/mol. The summed E-state index contributed by atoms with van der Waals surface area (Å²) in [5.41, 5.74) is 5.13. The van der Waals surface area contributed by atoms with Gasteiger partial charge in [0.15, 0.2) is 0 Å². The fourth-order valence-electron chi connectivity index (χ4n) is 5.21. The number of unbranched alkanes of at least 4 members (excludes halogenated alkanes) is 8. The van der Waals surface area contributed by atoms with Crippen LogP contribution < -0.4 is 69.5 Å². The molecule has 0 amide bonds. The van der Waals surface area contributed by atoms with Crippen LogP contribution in [0, 0.1) is 0 Å². The summed E-state index contributed by atoms with van der Waals surface area (Å²) in [6.07, 6.45) is 16.7. The number of phenolic OH excluding ortho intramolecular Hbond substituents is 2. The Morgan fingerprint density at radius 2 is 0.938 bits per heavy atom. The Labute approximate surface area is 332 Å². The summed E-state index contributed by atoms with van der Waals surface area (Å²) in [6, 6.07) is 7.79. The van der Waals surface area contributed by atoms with Gasteiger partial charge < -0.3 is 35.4 Å². The van der Waals surface area contributed by atoms with Gasteiger partial charge in [-0.2, -0.15) is 0 Å². The molecule has 0 saturated heterocycles. The molecule has 0 atom stereocenters. The second-order valence-electron chi connectivity index (χ2n) is 11.7. The van der Waals surface area contributed by atoms with E-state index in [0.29, 0.717) is 11.1 Å². The number of carboxylic acid groups (broad SMARTS) is 2. The zero-order valence-electron chi connectivity index (χ0n) is 30.4. The largest absolute Gasteiger partial charge is 1.00 e. The minimum absolute atomic E-state index is 0. The normalized spacial score (nSPS) is 9.85. The van der Waals surface area contributed by atoms with Crippen LogP contribution in [0.15, 0.2) is 24.3 Å². The van der Waals surface area contributed by atoms with Crippen molar-refractivity contribution in [2.24, 2.45) is 0 Å². The Morgan fingerprint density at radius 3 is 1.23 bits per heavy atom. The van der Waals surface area contributed by atoms with Gasteiger partial charge in [0.1, 0.15) is 11.5 Å². The standard InChI is InChI=1S/2C18H28O3.CH2O3.2Na/c2*1-3-5-7-9-14-11-15(10-8-6-4-2)18(21)16(12-14)13-17(19)20;2-1-4-3;;/h2*11-12,21H,3-10,13H2,1-2H3,(H,19,20);1,3H;;/q;;;2*+1/p-2. The molecule has 2 aromatic rings. The molecule has 0 radical (unpaired) electrons. The molecule has 3 N–H and O–H groups in total. The van der Waals surface area contributed by atoms with Crippen LogP contribution in [0.3, 0.4) is 0 Å². The van der Waals surface area contributed by atoms with Gasteiger partial charge in [0.05, 0.1) is 6.42 Å². The second kappa shape index (κ2) is 32.6. The average Bonchev–Trinajstić information content (AvgIpc) is 3.01. The fourth-order valence-corrected chi connectivity index (χ4v) is 5.21. The number of carbonyl (C=O) groups excluding carboxylic acids is 2. The zero-order valence-corrected chi connectivity index (χ0v) is 34.4.